The second-order valence-electron chi connectivity index (χ2n) is 3.02. The first-order chi connectivity index (χ1) is 7.09. The Morgan fingerprint density at radius 3 is 1.20 bits per heavy atom. The average Bonchev–Trinajstić information content (AvgIpc) is 2.67. The molecule has 0 aromatic heterocycles. The summed E-state index contributed by atoms with van der Waals surface area (Å²) in [5.74, 6) is -2.08. The van der Waals surface area contributed by atoms with E-state index in [1.165, 1.54) is 0 Å². The van der Waals surface area contributed by atoms with Gasteiger partial charge in [0.25, 0.3) is 0 Å². The molecule has 0 saturated heterocycles. The van der Waals surface area contributed by atoms with Crippen LogP contribution >= 0.6 is 0 Å². The van der Waals surface area contributed by atoms with E-state index in [0.717, 1.165) is 33.9 Å². The molecule has 0 saturated carbocycles. The lowest BCUT2D eigenvalue weighted by Gasteiger charge is -2.18. The molecular formula is C8H5BN2O4. The summed E-state index contributed by atoms with van der Waals surface area (Å²) in [6.45, 7) is 0. The van der Waals surface area contributed by atoms with Crippen molar-refractivity contribution in [2.45, 2.75) is 0 Å². The van der Waals surface area contributed by atoms with E-state index in [-0.39, 0.29) is 7.55 Å². The van der Waals surface area contributed by atoms with Crippen LogP contribution < -0.4 is 0 Å². The second kappa shape index (κ2) is 3.20. The number of carbonyl (C=O) groups excluding carboxylic acids is 4. The molecule has 6 nitrogen and oxygen atoms in total. The van der Waals surface area contributed by atoms with Crippen molar-refractivity contribution in [2.75, 3.05) is 0 Å². The predicted molar refractivity (Wildman–Crippen MR) is 49.1 cm³/mol. The first kappa shape index (κ1) is 9.38. The Kier molecular flexibility index (Phi) is 2.00. The lowest BCUT2D eigenvalue weighted by Crippen LogP contribution is -2.47. The summed E-state index contributed by atoms with van der Waals surface area (Å²) in [6, 6.07) is 0. The van der Waals surface area contributed by atoms with Gasteiger partial charge in [-0.25, -0.2) is 0 Å². The Labute approximate surface area is 85.1 Å². The van der Waals surface area contributed by atoms with Gasteiger partial charge in [-0.3, -0.25) is 19.2 Å². The van der Waals surface area contributed by atoms with E-state index in [1.54, 1.807) is 0 Å². The van der Waals surface area contributed by atoms with Gasteiger partial charge in [-0.1, -0.05) is 0 Å². The lowest BCUT2D eigenvalue weighted by atomic mass is 10.1. The molecule has 0 atom stereocenters. The molecule has 0 aromatic carbocycles. The number of nitrogens with zero attached hydrogens (tertiary/aromatic N) is 2. The minimum absolute atomic E-state index is 0.324. The standard InChI is InChI=1S/C8H5BN2O4/c12-5-1-2-6(13)10(5)9-11-7(14)3-4-8(11)15/h1-4,9H. The molecule has 0 bridgehead atoms. The summed E-state index contributed by atoms with van der Waals surface area (Å²) in [6.07, 6.45) is 4.39. The maximum atomic E-state index is 11.1. The van der Waals surface area contributed by atoms with Gasteiger partial charge in [0, 0.05) is 24.3 Å². The summed E-state index contributed by atoms with van der Waals surface area (Å²) in [5.41, 5.74) is 0. The molecule has 0 N–H and O–H groups in total. The first-order valence-corrected chi connectivity index (χ1v) is 4.16. The van der Waals surface area contributed by atoms with E-state index in [0.29, 0.717) is 0 Å². The van der Waals surface area contributed by atoms with Gasteiger partial charge in [0.1, 0.15) is 0 Å². The van der Waals surface area contributed by atoms with E-state index in [1.807, 2.05) is 0 Å². The van der Waals surface area contributed by atoms with E-state index in [4.69, 9.17) is 0 Å². The molecule has 2 heterocycles. The Morgan fingerprint density at radius 2 is 0.933 bits per heavy atom. The zero-order chi connectivity index (χ0) is 11.0. The van der Waals surface area contributed by atoms with Crippen LogP contribution in [0.4, 0.5) is 0 Å². The smallest absolute Gasteiger partial charge is 0.302 e. The summed E-state index contributed by atoms with van der Waals surface area (Å²) in [7, 11) is -0.324. The minimum atomic E-state index is -0.521. The Morgan fingerprint density at radius 1 is 0.667 bits per heavy atom. The average molecular weight is 204 g/mol. The van der Waals surface area contributed by atoms with Gasteiger partial charge in [0.2, 0.25) is 23.6 Å². The van der Waals surface area contributed by atoms with Gasteiger partial charge in [-0.05, 0) is 0 Å². The van der Waals surface area contributed by atoms with Crippen LogP contribution in [0.15, 0.2) is 24.3 Å². The molecule has 2 aliphatic heterocycles. The topological polar surface area (TPSA) is 74.8 Å². The van der Waals surface area contributed by atoms with Crippen molar-refractivity contribution in [3.8, 4) is 0 Å². The summed E-state index contributed by atoms with van der Waals surface area (Å²) < 4.78 is 0. The fraction of sp³-hybridized carbons (Fsp3) is 0. The Balaban J connectivity index is 2.10. The molecule has 0 fully saturated rings. The van der Waals surface area contributed by atoms with E-state index in [2.05, 4.69) is 0 Å². The van der Waals surface area contributed by atoms with Crippen molar-refractivity contribution in [3.63, 3.8) is 0 Å². The van der Waals surface area contributed by atoms with Crippen molar-refractivity contribution >= 4 is 31.2 Å². The largest absolute Gasteiger partial charge is 0.377 e. The van der Waals surface area contributed by atoms with Crippen LogP contribution in [0.1, 0.15) is 0 Å². The van der Waals surface area contributed by atoms with Crippen LogP contribution in [-0.2, 0) is 19.2 Å². The molecule has 0 aliphatic carbocycles. The highest BCUT2D eigenvalue weighted by Crippen LogP contribution is 2.07. The molecule has 0 spiro atoms. The molecule has 7 heteroatoms. The van der Waals surface area contributed by atoms with Gasteiger partial charge in [-0.2, -0.15) is 0 Å². The minimum Gasteiger partial charge on any atom is -0.302 e. The highest BCUT2D eigenvalue weighted by molar-refractivity contribution is 6.52. The fourth-order valence-electron chi connectivity index (χ4n) is 1.28. The van der Waals surface area contributed by atoms with Gasteiger partial charge < -0.3 is 9.62 Å². The second-order valence-corrected chi connectivity index (χ2v) is 3.02. The maximum Gasteiger partial charge on any atom is 0.377 e. The van der Waals surface area contributed by atoms with Gasteiger partial charge in [-0.15, -0.1) is 0 Å². The van der Waals surface area contributed by atoms with E-state index in [9.17, 15) is 19.2 Å². The summed E-state index contributed by atoms with van der Waals surface area (Å²) >= 11 is 0. The lowest BCUT2D eigenvalue weighted by molar-refractivity contribution is -0.133. The number of rotatable bonds is 2. The molecule has 15 heavy (non-hydrogen) atoms. The van der Waals surface area contributed by atoms with Crippen LogP contribution in [0.25, 0.3) is 0 Å². The van der Waals surface area contributed by atoms with E-state index < -0.39 is 23.6 Å². The monoisotopic (exact) mass is 204 g/mol. The van der Waals surface area contributed by atoms with Crippen LogP contribution in [0.3, 0.4) is 0 Å². The van der Waals surface area contributed by atoms with Crippen molar-refractivity contribution in [1.82, 2.24) is 9.62 Å². The zero-order valence-corrected chi connectivity index (χ0v) is 7.54. The van der Waals surface area contributed by atoms with Crippen LogP contribution in [0.2, 0.25) is 0 Å². The van der Waals surface area contributed by atoms with Gasteiger partial charge in [0.05, 0.1) is 0 Å². The highest BCUT2D eigenvalue weighted by atomic mass is 16.2. The number of amides is 4. The fourth-order valence-corrected chi connectivity index (χ4v) is 1.28. The molecular weight excluding hydrogens is 199 g/mol. The van der Waals surface area contributed by atoms with E-state index >= 15 is 0 Å². The molecule has 0 unspecified atom stereocenters. The summed E-state index contributed by atoms with van der Waals surface area (Å²) in [4.78, 5) is 46.2. The molecule has 2 rings (SSSR count). The number of hydrogen-bond acceptors (Lipinski definition) is 4. The first-order valence-electron chi connectivity index (χ1n) is 4.16. The SMILES string of the molecule is O=C1C=CC(=O)N1BN1C(=O)C=CC1=O. The van der Waals surface area contributed by atoms with Gasteiger partial charge >= 0.3 is 7.55 Å². The van der Waals surface area contributed by atoms with Crippen molar-refractivity contribution in [2.24, 2.45) is 0 Å². The van der Waals surface area contributed by atoms with Gasteiger partial charge in [0.15, 0.2) is 0 Å². The Hall–Kier alpha value is -2.18. The maximum absolute atomic E-state index is 11.1. The molecule has 74 valence electrons. The Bertz CT molecular complexity index is 364. The number of imide groups is 2. The molecule has 0 aromatic rings. The highest BCUT2D eigenvalue weighted by Gasteiger charge is 2.33. The number of carbonyl (C=O) groups is 4. The third-order valence-electron chi connectivity index (χ3n) is 2.08. The molecule has 4 amide bonds. The van der Waals surface area contributed by atoms with Crippen molar-refractivity contribution in [3.05, 3.63) is 24.3 Å². The van der Waals surface area contributed by atoms with Crippen LogP contribution in [0.5, 0.6) is 0 Å². The third-order valence-corrected chi connectivity index (χ3v) is 2.08. The zero-order valence-electron chi connectivity index (χ0n) is 7.54. The van der Waals surface area contributed by atoms with Crippen molar-refractivity contribution in [1.29, 1.82) is 0 Å². The number of hydrogen-bond donors (Lipinski definition) is 0. The third kappa shape index (κ3) is 1.47. The summed E-state index contributed by atoms with van der Waals surface area (Å²) in [5, 5.41) is 0. The molecule has 0 radical (unpaired) electrons. The predicted octanol–water partition coefficient (Wildman–Crippen LogP) is -1.90. The quantitative estimate of drug-likeness (QED) is 0.389. The van der Waals surface area contributed by atoms with Crippen LogP contribution in [0, 0.1) is 0 Å². The molecule has 2 aliphatic rings. The van der Waals surface area contributed by atoms with Crippen LogP contribution in [-0.4, -0.2) is 40.8 Å². The van der Waals surface area contributed by atoms with Crippen molar-refractivity contribution < 1.29 is 19.2 Å². The normalized spacial score (nSPS) is 19.7.